The zero-order chi connectivity index (χ0) is 21.0. The Morgan fingerprint density at radius 1 is 1.31 bits per heavy atom. The number of hydrogen-bond donors (Lipinski definition) is 2. The van der Waals surface area contributed by atoms with E-state index in [4.69, 9.17) is 0 Å². The maximum atomic E-state index is 12.4. The maximum absolute atomic E-state index is 12.4. The van der Waals surface area contributed by atoms with Crippen LogP contribution in [0.25, 0.3) is 0 Å². The molecular formula is C22H20BrN3O2S. The zero-order valence-corrected chi connectivity index (χ0v) is 18.5. The molecule has 0 fully saturated rings. The van der Waals surface area contributed by atoms with Gasteiger partial charge in [0, 0.05) is 22.5 Å². The molecule has 0 aromatic heterocycles. The first-order valence-corrected chi connectivity index (χ1v) is 10.8. The van der Waals surface area contributed by atoms with Crippen molar-refractivity contribution in [3.8, 4) is 6.07 Å². The van der Waals surface area contributed by atoms with Crippen molar-refractivity contribution in [2.45, 2.75) is 26.2 Å². The van der Waals surface area contributed by atoms with Gasteiger partial charge in [0.1, 0.15) is 0 Å². The van der Waals surface area contributed by atoms with E-state index in [1.807, 2.05) is 56.3 Å². The summed E-state index contributed by atoms with van der Waals surface area (Å²) in [7, 11) is 0. The van der Waals surface area contributed by atoms with E-state index in [0.29, 0.717) is 10.6 Å². The molecule has 1 aliphatic rings. The van der Waals surface area contributed by atoms with Gasteiger partial charge in [-0.25, -0.2) is 0 Å². The van der Waals surface area contributed by atoms with Crippen LogP contribution in [-0.4, -0.2) is 17.6 Å². The molecule has 2 amide bonds. The number of anilines is 1. The highest BCUT2D eigenvalue weighted by molar-refractivity contribution is 9.10. The number of benzene rings is 2. The van der Waals surface area contributed by atoms with Crippen LogP contribution in [-0.2, 0) is 9.59 Å². The quantitative estimate of drug-likeness (QED) is 0.659. The number of allylic oxidation sites excluding steroid dienone is 1. The van der Waals surface area contributed by atoms with Crippen LogP contribution >= 0.6 is 27.7 Å². The average molecular weight is 470 g/mol. The second kappa shape index (κ2) is 9.29. The maximum Gasteiger partial charge on any atom is 0.234 e. The minimum Gasteiger partial charge on any atom is -0.325 e. The molecule has 0 saturated carbocycles. The standard InChI is InChI=1S/C22H20BrN3O2S/c1-13-6-7-19(14(2)8-13)25-21(28)12-29-22-18(11-24)17(10-20(27)26-22)15-4-3-5-16(23)9-15/h3-9,17H,10,12H2,1-2H3,(H,25,28)(H,26,27)/t17-/m1/s1. The van der Waals surface area contributed by atoms with E-state index in [-0.39, 0.29) is 29.9 Å². The topological polar surface area (TPSA) is 82.0 Å². The Labute approximate surface area is 182 Å². The van der Waals surface area contributed by atoms with Crippen LogP contribution in [0.1, 0.15) is 29.0 Å². The van der Waals surface area contributed by atoms with Crippen LogP contribution in [0.2, 0.25) is 0 Å². The van der Waals surface area contributed by atoms with Crippen LogP contribution < -0.4 is 10.6 Å². The molecule has 3 rings (SSSR count). The smallest absolute Gasteiger partial charge is 0.234 e. The van der Waals surface area contributed by atoms with Gasteiger partial charge in [-0.1, -0.05) is 57.5 Å². The van der Waals surface area contributed by atoms with Crippen LogP contribution in [0.5, 0.6) is 0 Å². The van der Waals surface area contributed by atoms with E-state index in [0.717, 1.165) is 26.9 Å². The second-order valence-corrected chi connectivity index (χ2v) is 8.77. The zero-order valence-electron chi connectivity index (χ0n) is 16.1. The van der Waals surface area contributed by atoms with Crippen molar-refractivity contribution in [2.24, 2.45) is 0 Å². The molecule has 148 valence electrons. The summed E-state index contributed by atoms with van der Waals surface area (Å²) in [5, 5.41) is 15.8. The molecule has 1 aliphatic heterocycles. The van der Waals surface area contributed by atoms with Gasteiger partial charge in [0.25, 0.3) is 0 Å². The molecule has 0 bridgehead atoms. The molecule has 2 N–H and O–H groups in total. The summed E-state index contributed by atoms with van der Waals surface area (Å²) >= 11 is 4.61. The number of nitrogens with zero attached hydrogens (tertiary/aromatic N) is 1. The predicted molar refractivity (Wildman–Crippen MR) is 119 cm³/mol. The SMILES string of the molecule is Cc1ccc(NC(=O)CSC2=C(C#N)[C@@H](c3cccc(Br)c3)CC(=O)N2)c(C)c1. The molecule has 5 nitrogen and oxygen atoms in total. The first-order valence-electron chi connectivity index (χ1n) is 9.07. The van der Waals surface area contributed by atoms with E-state index in [2.05, 4.69) is 32.6 Å². The van der Waals surface area contributed by atoms with Crippen LogP contribution in [0, 0.1) is 25.2 Å². The molecule has 0 aliphatic carbocycles. The lowest BCUT2D eigenvalue weighted by Gasteiger charge is -2.25. The molecule has 0 spiro atoms. The number of aryl methyl sites for hydroxylation is 2. The highest BCUT2D eigenvalue weighted by atomic mass is 79.9. The number of nitrogens with one attached hydrogen (secondary N) is 2. The Kier molecular flexibility index (Phi) is 6.78. The number of hydrogen-bond acceptors (Lipinski definition) is 4. The first-order chi connectivity index (χ1) is 13.9. The molecule has 0 radical (unpaired) electrons. The Morgan fingerprint density at radius 3 is 2.79 bits per heavy atom. The number of halogens is 1. The van der Waals surface area contributed by atoms with Crippen molar-refractivity contribution in [3.63, 3.8) is 0 Å². The van der Waals surface area contributed by atoms with Crippen molar-refractivity contribution in [3.05, 3.63) is 74.2 Å². The van der Waals surface area contributed by atoms with Crippen molar-refractivity contribution >= 4 is 45.2 Å². The number of carbonyl (C=O) groups excluding carboxylic acids is 2. The summed E-state index contributed by atoms with van der Waals surface area (Å²) in [6, 6.07) is 15.6. The molecule has 2 aromatic carbocycles. The van der Waals surface area contributed by atoms with Gasteiger partial charge in [-0.15, -0.1) is 0 Å². The number of carbonyl (C=O) groups is 2. The highest BCUT2D eigenvalue weighted by Gasteiger charge is 2.30. The Morgan fingerprint density at radius 2 is 2.10 bits per heavy atom. The first kappa shape index (κ1) is 21.2. The summed E-state index contributed by atoms with van der Waals surface area (Å²) in [6.07, 6.45) is 0.207. The van der Waals surface area contributed by atoms with Crippen LogP contribution in [0.4, 0.5) is 5.69 Å². The normalized spacial score (nSPS) is 16.2. The third kappa shape index (κ3) is 5.28. The number of rotatable bonds is 5. The Hall–Kier alpha value is -2.56. The van der Waals surface area contributed by atoms with Gasteiger partial charge in [0.2, 0.25) is 11.8 Å². The predicted octanol–water partition coefficient (Wildman–Crippen LogP) is 4.78. The molecule has 1 atom stereocenters. The number of nitriles is 1. The minimum absolute atomic E-state index is 0.0965. The average Bonchev–Trinajstić information content (AvgIpc) is 2.68. The molecule has 7 heteroatoms. The second-order valence-electron chi connectivity index (χ2n) is 6.87. The molecule has 29 heavy (non-hydrogen) atoms. The van der Waals surface area contributed by atoms with Gasteiger partial charge >= 0.3 is 0 Å². The van der Waals surface area contributed by atoms with Gasteiger partial charge in [-0.05, 0) is 43.2 Å². The van der Waals surface area contributed by atoms with Gasteiger partial charge in [-0.3, -0.25) is 9.59 Å². The molecule has 0 unspecified atom stereocenters. The van der Waals surface area contributed by atoms with Crippen molar-refractivity contribution in [1.82, 2.24) is 5.32 Å². The Balaban J connectivity index is 1.76. The van der Waals surface area contributed by atoms with E-state index in [1.165, 1.54) is 11.8 Å². The molecular weight excluding hydrogens is 450 g/mol. The summed E-state index contributed by atoms with van der Waals surface area (Å²) in [6.45, 7) is 3.94. The highest BCUT2D eigenvalue weighted by Crippen LogP contribution is 2.36. The molecule has 2 aromatic rings. The van der Waals surface area contributed by atoms with Crippen molar-refractivity contribution in [1.29, 1.82) is 5.26 Å². The fraction of sp³-hybridized carbons (Fsp3) is 0.227. The fourth-order valence-electron chi connectivity index (χ4n) is 3.22. The summed E-state index contributed by atoms with van der Waals surface area (Å²) < 4.78 is 0.889. The molecule has 0 saturated heterocycles. The van der Waals surface area contributed by atoms with E-state index in [1.54, 1.807) is 0 Å². The fourth-order valence-corrected chi connectivity index (χ4v) is 4.51. The van der Waals surface area contributed by atoms with E-state index in [9.17, 15) is 14.9 Å². The molecule has 1 heterocycles. The van der Waals surface area contributed by atoms with E-state index >= 15 is 0 Å². The van der Waals surface area contributed by atoms with Gasteiger partial charge in [0.15, 0.2) is 0 Å². The van der Waals surface area contributed by atoms with Crippen molar-refractivity contribution in [2.75, 3.05) is 11.1 Å². The lowest BCUT2D eigenvalue weighted by Crippen LogP contribution is -2.31. The third-order valence-electron chi connectivity index (χ3n) is 4.61. The monoisotopic (exact) mass is 469 g/mol. The van der Waals surface area contributed by atoms with Gasteiger partial charge in [-0.2, -0.15) is 5.26 Å². The van der Waals surface area contributed by atoms with E-state index < -0.39 is 0 Å². The largest absolute Gasteiger partial charge is 0.325 e. The number of amides is 2. The van der Waals surface area contributed by atoms with Crippen LogP contribution in [0.15, 0.2) is 57.5 Å². The van der Waals surface area contributed by atoms with Crippen LogP contribution in [0.3, 0.4) is 0 Å². The lowest BCUT2D eigenvalue weighted by molar-refractivity contribution is -0.121. The summed E-state index contributed by atoms with van der Waals surface area (Å²) in [5.74, 6) is -0.577. The lowest BCUT2D eigenvalue weighted by atomic mass is 9.87. The summed E-state index contributed by atoms with van der Waals surface area (Å²) in [5.41, 5.74) is 4.24. The van der Waals surface area contributed by atoms with Crippen molar-refractivity contribution < 1.29 is 9.59 Å². The Bertz CT molecular complexity index is 1040. The third-order valence-corrected chi connectivity index (χ3v) is 6.12. The van der Waals surface area contributed by atoms with Gasteiger partial charge < -0.3 is 10.6 Å². The minimum atomic E-state index is -0.323. The number of thioether (sulfide) groups is 1. The summed E-state index contributed by atoms with van der Waals surface area (Å²) in [4.78, 5) is 24.6. The van der Waals surface area contributed by atoms with Gasteiger partial charge in [0.05, 0.1) is 22.4 Å².